The Morgan fingerprint density at radius 3 is 2.06 bits per heavy atom. The van der Waals surface area contributed by atoms with E-state index in [1.165, 1.54) is 57.8 Å². The van der Waals surface area contributed by atoms with E-state index in [-0.39, 0.29) is 36.0 Å². The molecule has 0 bridgehead atoms. The van der Waals surface area contributed by atoms with Crippen molar-refractivity contribution >= 4 is 18.3 Å². The van der Waals surface area contributed by atoms with Crippen molar-refractivity contribution in [2.45, 2.75) is 155 Å². The van der Waals surface area contributed by atoms with Gasteiger partial charge in [0, 0.05) is 6.42 Å². The van der Waals surface area contributed by atoms with Crippen LogP contribution in [0.4, 0.5) is 0 Å². The lowest BCUT2D eigenvalue weighted by Gasteiger charge is -2.37. The minimum absolute atomic E-state index is 0.0734. The molecule has 204 valence electrons. The topological polar surface area (TPSA) is 81.7 Å². The van der Waals surface area contributed by atoms with Crippen LogP contribution in [0, 0.1) is 11.8 Å². The number of hydrogen-bond donors (Lipinski definition) is 1. The minimum Gasteiger partial charge on any atom is -0.461 e. The highest BCUT2D eigenvalue weighted by molar-refractivity contribution is 5.79. The van der Waals surface area contributed by atoms with Crippen molar-refractivity contribution in [3.63, 3.8) is 0 Å². The number of hydrogen-bond acceptors (Lipinski definition) is 5. The van der Waals surface area contributed by atoms with Crippen molar-refractivity contribution in [2.24, 2.45) is 11.8 Å². The van der Waals surface area contributed by atoms with E-state index in [1.807, 2.05) is 13.8 Å². The molecule has 1 amide bonds. The molecule has 0 spiro atoms. The summed E-state index contributed by atoms with van der Waals surface area (Å²) in [6.07, 6.45) is 18.5. The van der Waals surface area contributed by atoms with Crippen molar-refractivity contribution in [1.29, 1.82) is 0 Å². The summed E-state index contributed by atoms with van der Waals surface area (Å²) in [4.78, 5) is 36.0. The van der Waals surface area contributed by atoms with Gasteiger partial charge in [0.05, 0.1) is 5.92 Å². The third-order valence-electron chi connectivity index (χ3n) is 7.06. The van der Waals surface area contributed by atoms with Crippen LogP contribution in [0.3, 0.4) is 0 Å². The molecule has 1 aliphatic rings. The van der Waals surface area contributed by atoms with Crippen LogP contribution < -0.4 is 5.32 Å². The molecule has 1 saturated heterocycles. The second kappa shape index (κ2) is 19.6. The van der Waals surface area contributed by atoms with Crippen LogP contribution in [0.1, 0.15) is 137 Å². The molecule has 6 heteroatoms. The van der Waals surface area contributed by atoms with Gasteiger partial charge in [-0.25, -0.2) is 4.79 Å². The highest BCUT2D eigenvalue weighted by atomic mass is 16.6. The summed E-state index contributed by atoms with van der Waals surface area (Å²) in [5, 5.41) is 2.62. The number of carbonyl (C=O) groups excluding carboxylic acids is 3. The Kier molecular flexibility index (Phi) is 17.6. The van der Waals surface area contributed by atoms with Gasteiger partial charge in [0.15, 0.2) is 0 Å². The first kappa shape index (κ1) is 31.4. The van der Waals surface area contributed by atoms with E-state index in [4.69, 9.17) is 9.47 Å². The first-order valence-corrected chi connectivity index (χ1v) is 14.5. The molecule has 0 saturated carbocycles. The molecule has 0 aliphatic carbocycles. The first-order valence-electron chi connectivity index (χ1n) is 14.5. The molecule has 1 rings (SSSR count). The predicted molar refractivity (Wildman–Crippen MR) is 141 cm³/mol. The summed E-state index contributed by atoms with van der Waals surface area (Å²) in [7, 11) is 0. The lowest BCUT2D eigenvalue weighted by Crippen LogP contribution is -2.48. The lowest BCUT2D eigenvalue weighted by molar-refractivity contribution is -0.190. The van der Waals surface area contributed by atoms with Gasteiger partial charge in [-0.05, 0) is 31.6 Å². The lowest BCUT2D eigenvalue weighted by atomic mass is 9.86. The highest BCUT2D eigenvalue weighted by Crippen LogP contribution is 2.32. The molecule has 1 fully saturated rings. The van der Waals surface area contributed by atoms with Crippen molar-refractivity contribution in [3.05, 3.63) is 0 Å². The zero-order valence-corrected chi connectivity index (χ0v) is 23.0. The molecule has 0 aromatic carbocycles. The van der Waals surface area contributed by atoms with Crippen LogP contribution >= 0.6 is 0 Å². The van der Waals surface area contributed by atoms with Crippen LogP contribution in [0.5, 0.6) is 0 Å². The Bertz CT molecular complexity index is 579. The molecular formula is C29H53NO5. The van der Waals surface area contributed by atoms with E-state index in [2.05, 4.69) is 19.2 Å². The maximum Gasteiger partial charge on any atom is 0.328 e. The summed E-state index contributed by atoms with van der Waals surface area (Å²) in [6.45, 7) is 8.45. The van der Waals surface area contributed by atoms with Gasteiger partial charge in [-0.1, -0.05) is 105 Å². The molecule has 0 aromatic heterocycles. The number of carbonyl (C=O) groups is 3. The first-order chi connectivity index (χ1) is 16.9. The Morgan fingerprint density at radius 1 is 0.943 bits per heavy atom. The van der Waals surface area contributed by atoms with Gasteiger partial charge in [-0.2, -0.15) is 0 Å². The molecule has 6 nitrogen and oxygen atoms in total. The summed E-state index contributed by atoms with van der Waals surface area (Å²) >= 11 is 0. The molecule has 1 heterocycles. The van der Waals surface area contributed by atoms with Crippen LogP contribution in [0.25, 0.3) is 0 Å². The van der Waals surface area contributed by atoms with E-state index in [0.29, 0.717) is 19.3 Å². The zero-order valence-electron chi connectivity index (χ0n) is 23.0. The molecule has 2 unspecified atom stereocenters. The van der Waals surface area contributed by atoms with E-state index in [1.54, 1.807) is 0 Å². The van der Waals surface area contributed by atoms with Gasteiger partial charge in [-0.3, -0.25) is 9.59 Å². The molecule has 35 heavy (non-hydrogen) atoms. The number of cyclic esters (lactones) is 1. The molecule has 1 N–H and O–H groups in total. The van der Waals surface area contributed by atoms with E-state index in [0.717, 1.165) is 38.5 Å². The number of ether oxygens (including phenoxy) is 2. The number of unbranched alkanes of at least 4 members (excludes halogenated alkanes) is 11. The second-order valence-corrected chi connectivity index (χ2v) is 10.8. The molecule has 1 aliphatic heterocycles. The van der Waals surface area contributed by atoms with Crippen LogP contribution in [-0.2, 0) is 23.9 Å². The van der Waals surface area contributed by atoms with E-state index >= 15 is 0 Å². The van der Waals surface area contributed by atoms with Gasteiger partial charge in [0.25, 0.3) is 0 Å². The van der Waals surface area contributed by atoms with Gasteiger partial charge < -0.3 is 14.8 Å². The van der Waals surface area contributed by atoms with Crippen molar-refractivity contribution < 1.29 is 23.9 Å². The molecule has 0 radical (unpaired) electrons. The Hall–Kier alpha value is -1.59. The number of esters is 2. The third kappa shape index (κ3) is 13.9. The van der Waals surface area contributed by atoms with E-state index < -0.39 is 6.04 Å². The fraction of sp³-hybridized carbons (Fsp3) is 0.897. The fourth-order valence-corrected chi connectivity index (χ4v) is 4.90. The summed E-state index contributed by atoms with van der Waals surface area (Å²) in [5.74, 6) is -0.302. The molecule has 0 aromatic rings. The zero-order chi connectivity index (χ0) is 25.9. The van der Waals surface area contributed by atoms with Gasteiger partial charge in [-0.15, -0.1) is 0 Å². The van der Waals surface area contributed by atoms with Crippen molar-refractivity contribution in [3.8, 4) is 0 Å². The number of nitrogens with one attached hydrogen (secondary N) is 1. The minimum atomic E-state index is -0.632. The monoisotopic (exact) mass is 495 g/mol. The Labute approximate surface area is 214 Å². The van der Waals surface area contributed by atoms with E-state index in [9.17, 15) is 14.4 Å². The predicted octanol–water partition coefficient (Wildman–Crippen LogP) is 6.88. The normalized spacial score (nSPS) is 19.1. The number of rotatable bonds is 23. The maximum atomic E-state index is 12.9. The quantitative estimate of drug-likeness (QED) is 0.0949. The average molecular weight is 496 g/mol. The van der Waals surface area contributed by atoms with Crippen LogP contribution in [-0.4, -0.2) is 36.6 Å². The summed E-state index contributed by atoms with van der Waals surface area (Å²) < 4.78 is 11.4. The summed E-state index contributed by atoms with van der Waals surface area (Å²) in [5.41, 5.74) is 0. The highest BCUT2D eigenvalue weighted by Gasteiger charge is 2.43. The Balaban J connectivity index is 2.58. The summed E-state index contributed by atoms with van der Waals surface area (Å²) in [6, 6.07) is -0.632. The van der Waals surface area contributed by atoms with Crippen molar-refractivity contribution in [1.82, 2.24) is 5.32 Å². The second-order valence-electron chi connectivity index (χ2n) is 10.8. The van der Waals surface area contributed by atoms with Crippen LogP contribution in [0.2, 0.25) is 0 Å². The Morgan fingerprint density at radius 2 is 1.51 bits per heavy atom. The van der Waals surface area contributed by atoms with Crippen LogP contribution in [0.15, 0.2) is 0 Å². The average Bonchev–Trinajstić information content (AvgIpc) is 2.81. The smallest absolute Gasteiger partial charge is 0.328 e. The maximum absolute atomic E-state index is 12.9. The SMILES string of the molecule is CCCCCCCCCCCC(CC1OC(=O)[C@@H]1CCCCCC)OC(=O)[C@H](CC(C)C)NC=O. The molecule has 4 atom stereocenters. The fourth-order valence-electron chi connectivity index (χ4n) is 4.90. The van der Waals surface area contributed by atoms with Gasteiger partial charge in [0.1, 0.15) is 18.2 Å². The standard InChI is InChI=1S/C29H53NO5/c1-5-7-9-11-12-13-14-15-16-18-24(34-29(33)26(30-22-31)20-23(3)4)21-27-25(28(32)35-27)19-17-10-8-6-2/h22-27H,5-21H2,1-4H3,(H,30,31)/t24?,25-,26+,27?/m1/s1. The van der Waals surface area contributed by atoms with Gasteiger partial charge in [0.2, 0.25) is 6.41 Å². The third-order valence-corrected chi connectivity index (χ3v) is 7.06. The molecular weight excluding hydrogens is 442 g/mol. The largest absolute Gasteiger partial charge is 0.461 e. The van der Waals surface area contributed by atoms with Crippen molar-refractivity contribution in [2.75, 3.05) is 0 Å². The number of amides is 1. The van der Waals surface area contributed by atoms with Gasteiger partial charge >= 0.3 is 11.9 Å².